The van der Waals surface area contributed by atoms with E-state index in [1.54, 1.807) is 29.3 Å². The van der Waals surface area contributed by atoms with Gasteiger partial charge in [-0.1, -0.05) is 0 Å². The lowest BCUT2D eigenvalue weighted by Crippen LogP contribution is -2.41. The van der Waals surface area contributed by atoms with Crippen molar-refractivity contribution in [3.63, 3.8) is 0 Å². The summed E-state index contributed by atoms with van der Waals surface area (Å²) in [5.41, 5.74) is 2.24. The number of rotatable bonds is 4. The molecule has 3 aromatic rings. The number of benzene rings is 1. The van der Waals surface area contributed by atoms with Crippen molar-refractivity contribution in [2.24, 2.45) is 11.8 Å². The van der Waals surface area contributed by atoms with Crippen LogP contribution in [-0.2, 0) is 0 Å². The number of amides is 2. The summed E-state index contributed by atoms with van der Waals surface area (Å²) in [5, 5.41) is 13.7. The van der Waals surface area contributed by atoms with E-state index in [0.717, 1.165) is 12.8 Å². The molecule has 2 fully saturated rings. The van der Waals surface area contributed by atoms with Crippen LogP contribution in [0.25, 0.3) is 11.0 Å². The molecule has 0 radical (unpaired) electrons. The van der Waals surface area contributed by atoms with Gasteiger partial charge in [0.05, 0.1) is 12.2 Å². The van der Waals surface area contributed by atoms with Crippen LogP contribution in [0.5, 0.6) is 0 Å². The average molecular weight is 377 g/mol. The number of aromatic amines is 1. The number of H-pyrrole nitrogens is 1. The Hall–Kier alpha value is -3.36. The Morgan fingerprint density at radius 3 is 2.75 bits per heavy atom. The maximum absolute atomic E-state index is 12.8. The van der Waals surface area contributed by atoms with Gasteiger partial charge in [0.15, 0.2) is 0 Å². The Bertz CT molecular complexity index is 1030. The number of fused-ring (bicyclic) bond motifs is 1. The Morgan fingerprint density at radius 1 is 1.11 bits per heavy atom. The van der Waals surface area contributed by atoms with Crippen LogP contribution in [0.3, 0.4) is 0 Å². The SMILES string of the molecule is O=C(N[C@@H]1CN(C(=O)c2cnccn2)C[C@H]1C1CC1)c1ccc2n[nH]nc2c1. The Labute approximate surface area is 160 Å². The predicted molar refractivity (Wildman–Crippen MR) is 99.3 cm³/mol. The normalized spacial score (nSPS) is 21.8. The van der Waals surface area contributed by atoms with E-state index in [4.69, 9.17) is 0 Å². The number of aromatic nitrogens is 5. The quantitative estimate of drug-likeness (QED) is 0.701. The molecule has 28 heavy (non-hydrogen) atoms. The lowest BCUT2D eigenvalue weighted by atomic mass is 9.98. The van der Waals surface area contributed by atoms with Gasteiger partial charge >= 0.3 is 0 Å². The highest BCUT2D eigenvalue weighted by Gasteiger charge is 2.44. The molecule has 2 aromatic heterocycles. The van der Waals surface area contributed by atoms with Crippen LogP contribution in [0.1, 0.15) is 33.7 Å². The van der Waals surface area contributed by atoms with Gasteiger partial charge in [0.1, 0.15) is 16.7 Å². The van der Waals surface area contributed by atoms with Crippen molar-refractivity contribution in [1.82, 2.24) is 35.6 Å². The fourth-order valence-electron chi connectivity index (χ4n) is 3.95. The minimum atomic E-state index is -0.158. The van der Waals surface area contributed by atoms with Crippen molar-refractivity contribution in [1.29, 1.82) is 0 Å². The Kier molecular flexibility index (Phi) is 4.00. The number of hydrogen-bond acceptors (Lipinski definition) is 6. The van der Waals surface area contributed by atoms with Crippen molar-refractivity contribution in [3.05, 3.63) is 48.0 Å². The van der Waals surface area contributed by atoms with Crippen molar-refractivity contribution in [2.45, 2.75) is 18.9 Å². The van der Waals surface area contributed by atoms with E-state index in [9.17, 15) is 9.59 Å². The number of hydrogen-bond donors (Lipinski definition) is 2. The zero-order chi connectivity index (χ0) is 19.1. The van der Waals surface area contributed by atoms with Gasteiger partial charge in [0.2, 0.25) is 0 Å². The van der Waals surface area contributed by atoms with Gasteiger partial charge in [-0.25, -0.2) is 4.98 Å². The summed E-state index contributed by atoms with van der Waals surface area (Å²) in [4.78, 5) is 35.4. The lowest BCUT2D eigenvalue weighted by molar-refractivity contribution is 0.0774. The van der Waals surface area contributed by atoms with Crippen LogP contribution in [-0.4, -0.2) is 61.2 Å². The van der Waals surface area contributed by atoms with E-state index in [1.807, 2.05) is 0 Å². The molecule has 1 saturated carbocycles. The molecular weight excluding hydrogens is 358 g/mol. The van der Waals surface area contributed by atoms with E-state index in [1.165, 1.54) is 12.4 Å². The van der Waals surface area contributed by atoms with Gasteiger partial charge in [0, 0.05) is 37.0 Å². The van der Waals surface area contributed by atoms with Crippen LogP contribution < -0.4 is 5.32 Å². The second kappa shape index (κ2) is 6.66. The molecule has 0 bridgehead atoms. The summed E-state index contributed by atoms with van der Waals surface area (Å²) >= 11 is 0. The molecule has 142 valence electrons. The van der Waals surface area contributed by atoms with Crippen LogP contribution in [0.2, 0.25) is 0 Å². The number of nitrogens with one attached hydrogen (secondary N) is 2. The minimum Gasteiger partial charge on any atom is -0.347 e. The Morgan fingerprint density at radius 2 is 1.96 bits per heavy atom. The first kappa shape index (κ1) is 16.8. The van der Waals surface area contributed by atoms with Crippen molar-refractivity contribution in [2.75, 3.05) is 13.1 Å². The molecule has 9 heteroatoms. The topological polar surface area (TPSA) is 117 Å². The van der Waals surface area contributed by atoms with Gasteiger partial charge in [-0.05, 0) is 37.0 Å². The lowest BCUT2D eigenvalue weighted by Gasteiger charge is -2.19. The van der Waals surface area contributed by atoms with Gasteiger partial charge in [-0.3, -0.25) is 14.6 Å². The third kappa shape index (κ3) is 3.08. The van der Waals surface area contributed by atoms with Gasteiger partial charge in [-0.15, -0.1) is 0 Å². The molecule has 0 spiro atoms. The average Bonchev–Trinajstić information content (AvgIpc) is 3.31. The number of carbonyl (C=O) groups excluding carboxylic acids is 2. The molecule has 3 heterocycles. The summed E-state index contributed by atoms with van der Waals surface area (Å²) in [5.74, 6) is 0.525. The molecule has 2 atom stereocenters. The highest BCUT2D eigenvalue weighted by atomic mass is 16.2. The van der Waals surface area contributed by atoms with Crippen LogP contribution in [0, 0.1) is 11.8 Å². The zero-order valence-corrected chi connectivity index (χ0v) is 15.1. The summed E-state index contributed by atoms with van der Waals surface area (Å²) in [7, 11) is 0. The standard InChI is InChI=1S/C19H19N7O2/c27-18(12-3-4-14-15(7-12)24-25-23-14)22-17-10-26(9-13(17)11-1-2-11)19(28)16-8-20-5-6-21-16/h3-8,11,13,17H,1-2,9-10H2,(H,22,27)(H,23,24,25)/t13-,17+/m0/s1. The number of carbonyl (C=O) groups is 2. The largest absolute Gasteiger partial charge is 0.347 e. The van der Waals surface area contributed by atoms with Gasteiger partial charge in [0.25, 0.3) is 11.8 Å². The van der Waals surface area contributed by atoms with Gasteiger partial charge < -0.3 is 10.2 Å². The van der Waals surface area contributed by atoms with Crippen molar-refractivity contribution in [3.8, 4) is 0 Å². The molecule has 1 saturated heterocycles. The fourth-order valence-corrected chi connectivity index (χ4v) is 3.95. The molecule has 1 aliphatic carbocycles. The first-order valence-electron chi connectivity index (χ1n) is 9.36. The highest BCUT2D eigenvalue weighted by molar-refractivity contribution is 5.97. The molecule has 1 aliphatic heterocycles. The third-order valence-corrected chi connectivity index (χ3v) is 5.56. The summed E-state index contributed by atoms with van der Waals surface area (Å²) < 4.78 is 0. The third-order valence-electron chi connectivity index (χ3n) is 5.56. The van der Waals surface area contributed by atoms with Crippen molar-refractivity contribution >= 4 is 22.8 Å². The first-order chi connectivity index (χ1) is 13.7. The molecule has 2 amide bonds. The number of nitrogens with zero attached hydrogens (tertiary/aromatic N) is 5. The second-order valence-electron chi connectivity index (χ2n) is 7.41. The summed E-state index contributed by atoms with van der Waals surface area (Å²) in [6.45, 7) is 1.11. The smallest absolute Gasteiger partial charge is 0.274 e. The van der Waals surface area contributed by atoms with Gasteiger partial charge in [-0.2, -0.15) is 15.4 Å². The minimum absolute atomic E-state index is 0.0753. The van der Waals surface area contributed by atoms with E-state index in [2.05, 4.69) is 30.7 Å². The van der Waals surface area contributed by atoms with E-state index in [-0.39, 0.29) is 23.8 Å². The van der Waals surface area contributed by atoms with Crippen LogP contribution >= 0.6 is 0 Å². The van der Waals surface area contributed by atoms with E-state index < -0.39 is 0 Å². The molecule has 1 aromatic carbocycles. The maximum Gasteiger partial charge on any atom is 0.274 e. The molecule has 0 unspecified atom stereocenters. The molecule has 5 rings (SSSR count). The first-order valence-corrected chi connectivity index (χ1v) is 9.36. The second-order valence-corrected chi connectivity index (χ2v) is 7.41. The van der Waals surface area contributed by atoms with Crippen LogP contribution in [0.15, 0.2) is 36.8 Å². The molecule has 2 aliphatic rings. The van der Waals surface area contributed by atoms with Crippen LogP contribution in [0.4, 0.5) is 0 Å². The summed E-state index contributed by atoms with van der Waals surface area (Å²) in [6.07, 6.45) is 6.83. The van der Waals surface area contributed by atoms with E-state index >= 15 is 0 Å². The molecular formula is C19H19N7O2. The van der Waals surface area contributed by atoms with E-state index in [0.29, 0.717) is 41.3 Å². The fraction of sp³-hybridized carbons (Fsp3) is 0.368. The predicted octanol–water partition coefficient (Wildman–Crippen LogP) is 1.03. The maximum atomic E-state index is 12.8. The monoisotopic (exact) mass is 377 g/mol. The summed E-state index contributed by atoms with van der Waals surface area (Å²) in [6, 6.07) is 5.15. The van der Waals surface area contributed by atoms with Crippen molar-refractivity contribution < 1.29 is 9.59 Å². The number of likely N-dealkylation sites (tertiary alicyclic amines) is 1. The molecule has 2 N–H and O–H groups in total. The zero-order valence-electron chi connectivity index (χ0n) is 15.1. The highest BCUT2D eigenvalue weighted by Crippen LogP contribution is 2.41. The molecule has 9 nitrogen and oxygen atoms in total. The Balaban J connectivity index is 1.33.